The standard InChI is InChI=1S/C20H21N7O/c1-2-12-26-14-17(24-25-26)19(28)23-20-22-16-8-3-4-9-18(16)27(20)13-10-15-7-5-6-11-21-15/h3-9,11,14H,2,10,12-13H2,1H3,(H,22,23,28). The summed E-state index contributed by atoms with van der Waals surface area (Å²) in [5.41, 5.74) is 3.05. The van der Waals surface area contributed by atoms with Gasteiger partial charge < -0.3 is 4.57 Å². The fourth-order valence-corrected chi connectivity index (χ4v) is 3.08. The second-order valence-corrected chi connectivity index (χ2v) is 6.47. The number of aromatic nitrogens is 6. The lowest BCUT2D eigenvalue weighted by Crippen LogP contribution is -2.17. The normalized spacial score (nSPS) is 11.0. The highest BCUT2D eigenvalue weighted by Gasteiger charge is 2.16. The number of hydrogen-bond acceptors (Lipinski definition) is 5. The van der Waals surface area contributed by atoms with E-state index in [4.69, 9.17) is 0 Å². The SMILES string of the molecule is CCCn1cc(C(=O)Nc2nc3ccccc3n2CCc2ccccn2)nn1. The highest BCUT2D eigenvalue weighted by molar-refractivity contribution is 6.02. The molecule has 0 radical (unpaired) electrons. The van der Waals surface area contributed by atoms with E-state index in [0.29, 0.717) is 12.5 Å². The number of imidazole rings is 1. The first-order valence-corrected chi connectivity index (χ1v) is 9.31. The molecule has 0 aliphatic heterocycles. The van der Waals surface area contributed by atoms with E-state index in [2.05, 4.69) is 25.6 Å². The molecular formula is C20H21N7O. The van der Waals surface area contributed by atoms with Crippen LogP contribution in [-0.4, -0.2) is 35.4 Å². The lowest BCUT2D eigenvalue weighted by molar-refractivity contribution is 0.102. The summed E-state index contributed by atoms with van der Waals surface area (Å²) in [7, 11) is 0. The van der Waals surface area contributed by atoms with Crippen LogP contribution in [0.1, 0.15) is 29.5 Å². The Morgan fingerprint density at radius 2 is 1.96 bits per heavy atom. The van der Waals surface area contributed by atoms with E-state index >= 15 is 0 Å². The van der Waals surface area contributed by atoms with Crippen molar-refractivity contribution in [1.29, 1.82) is 0 Å². The molecule has 1 aromatic carbocycles. The van der Waals surface area contributed by atoms with Gasteiger partial charge in [-0.05, 0) is 30.7 Å². The van der Waals surface area contributed by atoms with E-state index in [9.17, 15) is 4.79 Å². The van der Waals surface area contributed by atoms with Crippen LogP contribution in [-0.2, 0) is 19.5 Å². The monoisotopic (exact) mass is 375 g/mol. The molecule has 4 aromatic rings. The summed E-state index contributed by atoms with van der Waals surface area (Å²) >= 11 is 0. The lowest BCUT2D eigenvalue weighted by atomic mass is 10.2. The van der Waals surface area contributed by atoms with Gasteiger partial charge in [-0.2, -0.15) is 0 Å². The molecule has 142 valence electrons. The van der Waals surface area contributed by atoms with Crippen LogP contribution < -0.4 is 5.32 Å². The van der Waals surface area contributed by atoms with Crippen LogP contribution in [0.4, 0.5) is 5.95 Å². The molecule has 0 saturated carbocycles. The summed E-state index contributed by atoms with van der Waals surface area (Å²) in [4.78, 5) is 21.6. The zero-order valence-corrected chi connectivity index (χ0v) is 15.6. The number of nitrogens with one attached hydrogen (secondary N) is 1. The van der Waals surface area contributed by atoms with E-state index in [-0.39, 0.29) is 11.6 Å². The molecule has 8 heteroatoms. The number of benzene rings is 1. The molecular weight excluding hydrogens is 354 g/mol. The molecule has 0 bridgehead atoms. The number of hydrogen-bond donors (Lipinski definition) is 1. The van der Waals surface area contributed by atoms with Crippen LogP contribution in [0, 0.1) is 0 Å². The molecule has 0 spiro atoms. The zero-order valence-electron chi connectivity index (χ0n) is 15.6. The molecule has 1 N–H and O–H groups in total. The molecule has 1 amide bonds. The van der Waals surface area contributed by atoms with E-state index in [1.165, 1.54) is 0 Å². The minimum absolute atomic E-state index is 0.275. The van der Waals surface area contributed by atoms with Crippen molar-refractivity contribution < 1.29 is 4.79 Å². The summed E-state index contributed by atoms with van der Waals surface area (Å²) < 4.78 is 3.66. The fourth-order valence-electron chi connectivity index (χ4n) is 3.08. The largest absolute Gasteiger partial charge is 0.310 e. The van der Waals surface area contributed by atoms with Crippen LogP contribution in [0.3, 0.4) is 0 Å². The molecule has 0 aliphatic carbocycles. The Labute approximate surface area is 162 Å². The molecule has 3 aromatic heterocycles. The van der Waals surface area contributed by atoms with Crippen molar-refractivity contribution in [2.75, 3.05) is 5.32 Å². The van der Waals surface area contributed by atoms with Crippen molar-refractivity contribution >= 4 is 22.9 Å². The first kappa shape index (κ1) is 17.8. The molecule has 0 atom stereocenters. The molecule has 0 saturated heterocycles. The Hall–Kier alpha value is -3.55. The van der Waals surface area contributed by atoms with E-state index in [0.717, 1.165) is 36.1 Å². The smallest absolute Gasteiger partial charge is 0.280 e. The van der Waals surface area contributed by atoms with Gasteiger partial charge in [-0.25, -0.2) is 4.98 Å². The maximum atomic E-state index is 12.6. The Bertz CT molecular complexity index is 1080. The summed E-state index contributed by atoms with van der Waals surface area (Å²) in [5, 5.41) is 10.8. The van der Waals surface area contributed by atoms with Crippen molar-refractivity contribution in [2.24, 2.45) is 0 Å². The number of fused-ring (bicyclic) bond motifs is 1. The van der Waals surface area contributed by atoms with Crippen LogP contribution in [0.2, 0.25) is 0 Å². The second kappa shape index (κ2) is 7.99. The number of rotatable bonds is 7. The number of pyridine rings is 1. The minimum Gasteiger partial charge on any atom is -0.310 e. The van der Waals surface area contributed by atoms with Gasteiger partial charge >= 0.3 is 0 Å². The molecule has 8 nitrogen and oxygen atoms in total. The van der Waals surface area contributed by atoms with Gasteiger partial charge in [-0.15, -0.1) is 5.10 Å². The third kappa shape index (κ3) is 3.75. The van der Waals surface area contributed by atoms with Crippen LogP contribution >= 0.6 is 0 Å². The van der Waals surface area contributed by atoms with Crippen molar-refractivity contribution in [1.82, 2.24) is 29.5 Å². The number of amides is 1. The van der Waals surface area contributed by atoms with Gasteiger partial charge in [-0.1, -0.05) is 30.3 Å². The number of nitrogens with zero attached hydrogens (tertiary/aromatic N) is 6. The molecule has 0 unspecified atom stereocenters. The highest BCUT2D eigenvalue weighted by Crippen LogP contribution is 2.20. The molecule has 3 heterocycles. The van der Waals surface area contributed by atoms with Gasteiger partial charge in [0.25, 0.3) is 5.91 Å². The summed E-state index contributed by atoms with van der Waals surface area (Å²) in [6.45, 7) is 3.42. The van der Waals surface area contributed by atoms with Gasteiger partial charge in [0.05, 0.1) is 17.2 Å². The molecule has 28 heavy (non-hydrogen) atoms. The van der Waals surface area contributed by atoms with Gasteiger partial charge in [0, 0.05) is 31.4 Å². The van der Waals surface area contributed by atoms with E-state index < -0.39 is 0 Å². The van der Waals surface area contributed by atoms with Crippen LogP contribution in [0.25, 0.3) is 11.0 Å². The third-order valence-corrected chi connectivity index (χ3v) is 4.42. The van der Waals surface area contributed by atoms with Crippen LogP contribution in [0.15, 0.2) is 54.9 Å². The van der Waals surface area contributed by atoms with Crippen molar-refractivity contribution in [3.8, 4) is 0 Å². The summed E-state index contributed by atoms with van der Waals surface area (Å²) in [6.07, 6.45) is 5.09. The topological polar surface area (TPSA) is 90.5 Å². The summed E-state index contributed by atoms with van der Waals surface area (Å²) in [6, 6.07) is 13.7. The maximum Gasteiger partial charge on any atom is 0.280 e. The third-order valence-electron chi connectivity index (χ3n) is 4.42. The van der Waals surface area contributed by atoms with Crippen LogP contribution in [0.5, 0.6) is 0 Å². The molecule has 0 aliphatic rings. The lowest BCUT2D eigenvalue weighted by Gasteiger charge is -2.09. The molecule has 4 rings (SSSR count). The average Bonchev–Trinajstić information content (AvgIpc) is 3.32. The first-order valence-electron chi connectivity index (χ1n) is 9.31. The number of para-hydroxylation sites is 2. The molecule has 0 fully saturated rings. The predicted octanol–water partition coefficient (Wildman–Crippen LogP) is 2.93. The zero-order chi connectivity index (χ0) is 19.3. The summed E-state index contributed by atoms with van der Waals surface area (Å²) in [5.74, 6) is 0.170. The Balaban J connectivity index is 1.59. The highest BCUT2D eigenvalue weighted by atomic mass is 16.2. The van der Waals surface area contributed by atoms with E-state index in [1.54, 1.807) is 17.1 Å². The number of carbonyl (C=O) groups is 1. The van der Waals surface area contributed by atoms with Gasteiger partial charge in [0.15, 0.2) is 5.69 Å². The number of aryl methyl sites for hydroxylation is 3. The maximum absolute atomic E-state index is 12.6. The second-order valence-electron chi connectivity index (χ2n) is 6.47. The van der Waals surface area contributed by atoms with Gasteiger partial charge in [0.1, 0.15) is 0 Å². The average molecular weight is 375 g/mol. The quantitative estimate of drug-likeness (QED) is 0.536. The Kier molecular flexibility index (Phi) is 5.09. The van der Waals surface area contributed by atoms with Gasteiger partial charge in [0.2, 0.25) is 5.95 Å². The number of carbonyl (C=O) groups excluding carboxylic acids is 1. The minimum atomic E-state index is -0.322. The predicted molar refractivity (Wildman–Crippen MR) is 106 cm³/mol. The van der Waals surface area contributed by atoms with Crippen molar-refractivity contribution in [2.45, 2.75) is 32.9 Å². The first-order chi connectivity index (χ1) is 13.7. The number of anilines is 1. The Morgan fingerprint density at radius 1 is 1.11 bits per heavy atom. The fraction of sp³-hybridized carbons (Fsp3) is 0.250. The van der Waals surface area contributed by atoms with Crippen molar-refractivity contribution in [3.05, 3.63) is 66.2 Å². The van der Waals surface area contributed by atoms with Gasteiger partial charge in [-0.3, -0.25) is 19.8 Å². The van der Waals surface area contributed by atoms with Crippen molar-refractivity contribution in [3.63, 3.8) is 0 Å². The van der Waals surface area contributed by atoms with E-state index in [1.807, 2.05) is 54.0 Å². The Morgan fingerprint density at radius 3 is 2.79 bits per heavy atom.